The second kappa shape index (κ2) is 21.6. The lowest BCUT2D eigenvalue weighted by Gasteiger charge is -2.44. The molecule has 7 rings (SSSR count). The Hall–Kier alpha value is -6.97. The number of pyridine rings is 1. The third-order valence-corrected chi connectivity index (χ3v) is 14.4. The number of aliphatic hydroxyl groups excluding tert-OH is 1. The molecule has 2 fully saturated rings. The predicted molar refractivity (Wildman–Crippen MR) is 269 cm³/mol. The van der Waals surface area contributed by atoms with Gasteiger partial charge in [0, 0.05) is 61.5 Å². The number of thiazole rings is 1. The molecule has 0 spiro atoms. The van der Waals surface area contributed by atoms with Crippen LogP contribution in [0.3, 0.4) is 0 Å². The van der Waals surface area contributed by atoms with E-state index in [1.807, 2.05) is 63.9 Å². The average molecular weight is 1030 g/mol. The van der Waals surface area contributed by atoms with E-state index in [0.29, 0.717) is 31.0 Å². The van der Waals surface area contributed by atoms with Gasteiger partial charge in [0.2, 0.25) is 23.3 Å². The van der Waals surface area contributed by atoms with E-state index >= 15 is 4.39 Å². The van der Waals surface area contributed by atoms with E-state index < -0.39 is 94.4 Å². The van der Waals surface area contributed by atoms with Gasteiger partial charge in [-0.1, -0.05) is 51.1 Å². The van der Waals surface area contributed by atoms with E-state index in [4.69, 9.17) is 0 Å². The van der Waals surface area contributed by atoms with Crippen molar-refractivity contribution in [3.05, 3.63) is 123 Å². The number of amides is 5. The maximum Gasteiger partial charge on any atom is 0.417 e. The van der Waals surface area contributed by atoms with Crippen LogP contribution in [0, 0.1) is 18.2 Å². The Morgan fingerprint density at radius 2 is 1.58 bits per heavy atom. The van der Waals surface area contributed by atoms with Crippen LogP contribution in [-0.2, 0) is 20.6 Å². The Bertz CT molecular complexity index is 2940. The number of hydrogen-bond donors (Lipinski definition) is 6. The fourth-order valence-electron chi connectivity index (χ4n) is 9.14. The molecule has 0 saturated carbocycles. The van der Waals surface area contributed by atoms with E-state index in [1.165, 1.54) is 34.4 Å². The van der Waals surface area contributed by atoms with Gasteiger partial charge in [-0.3, -0.25) is 33.7 Å². The van der Waals surface area contributed by atoms with Gasteiger partial charge >= 0.3 is 6.18 Å². The Kier molecular flexibility index (Phi) is 15.9. The SMILES string of the molecule is Cc1ncsc1-c1ccc(C(C)NC(=O)C2CC(O)CN2C(=O)C(NC(=O)CNC(=O)c2ccc(F)c(-c3ccc(N4CC(C)N(C)C(C)C4)c(NC(=O)c4c[nH]c(=O)cc4C(F)(F)F)c3)c2)C(C)(C)C)cc1. The van der Waals surface area contributed by atoms with E-state index in [1.54, 1.807) is 38.4 Å². The second-order valence-electron chi connectivity index (χ2n) is 19.8. The summed E-state index contributed by atoms with van der Waals surface area (Å²) in [7, 11) is 1.96. The quantitative estimate of drug-likeness (QED) is 0.0705. The topological polar surface area (TPSA) is 209 Å². The van der Waals surface area contributed by atoms with Crippen LogP contribution in [-0.4, -0.2) is 118 Å². The van der Waals surface area contributed by atoms with E-state index in [0.717, 1.165) is 27.8 Å². The van der Waals surface area contributed by atoms with Crippen molar-refractivity contribution in [1.29, 1.82) is 0 Å². The molecule has 4 heterocycles. The van der Waals surface area contributed by atoms with Gasteiger partial charge in [-0.25, -0.2) is 9.37 Å². The molecule has 73 heavy (non-hydrogen) atoms. The number of halogens is 4. The molecule has 0 bridgehead atoms. The predicted octanol–water partition coefficient (Wildman–Crippen LogP) is 6.51. The average Bonchev–Trinajstić information content (AvgIpc) is 3.95. The number of nitrogens with zero attached hydrogens (tertiary/aromatic N) is 4. The van der Waals surface area contributed by atoms with E-state index in [9.17, 15) is 47.0 Å². The van der Waals surface area contributed by atoms with Crippen LogP contribution in [0.25, 0.3) is 21.6 Å². The molecule has 6 atom stereocenters. The number of aromatic amines is 1. The van der Waals surface area contributed by atoms with Gasteiger partial charge in [0.25, 0.3) is 11.8 Å². The van der Waals surface area contributed by atoms with Gasteiger partial charge in [0.05, 0.1) is 57.3 Å². The fraction of sp³-hybridized carbons (Fsp3) is 0.404. The normalized spacial score (nSPS) is 19.2. The minimum atomic E-state index is -5.04. The van der Waals surface area contributed by atoms with Gasteiger partial charge < -0.3 is 41.2 Å². The Balaban J connectivity index is 1.05. The Morgan fingerprint density at radius 1 is 0.904 bits per heavy atom. The van der Waals surface area contributed by atoms with Crippen molar-refractivity contribution in [2.45, 2.75) is 97.4 Å². The van der Waals surface area contributed by atoms with Crippen molar-refractivity contribution in [3.8, 4) is 21.6 Å². The molecule has 21 heteroatoms. The monoisotopic (exact) mass is 1030 g/mol. The highest BCUT2D eigenvalue weighted by atomic mass is 32.1. The standard InChI is InChI=1S/C52H59F4N9O7S/c1-27-23-64(24-28(2)63(27)8)41-16-14-33(18-40(41)61-48(70)37-21-57-43(67)20-38(37)52(54,55)56)36-17-34(13-15-39(36)53)47(69)58-22-44(68)62-46(51(5,6)7)50(72)65-25-35(66)19-42(65)49(71)60-29(3)31-9-11-32(12-10-31)45-30(4)59-26-73-45/h9-18,20-21,26-29,35,42,46,66H,19,22-25H2,1-8H3,(H,57,67)(H,58,69)(H,60,71)(H,61,70)(H,62,68). The molecule has 6 unspecified atom stereocenters. The number of H-pyrrole nitrogens is 1. The molecule has 2 aliphatic rings. The molecule has 2 saturated heterocycles. The second-order valence-corrected chi connectivity index (χ2v) is 20.7. The molecule has 2 aromatic heterocycles. The van der Waals surface area contributed by atoms with Crippen LogP contribution in [0.15, 0.2) is 83.2 Å². The van der Waals surface area contributed by atoms with Crippen molar-refractivity contribution < 1.29 is 46.6 Å². The highest BCUT2D eigenvalue weighted by Crippen LogP contribution is 2.37. The first kappa shape index (κ1) is 53.8. The number of likely N-dealkylation sites (N-methyl/N-ethyl adjacent to an activating group) is 1. The summed E-state index contributed by atoms with van der Waals surface area (Å²) in [6, 6.07) is 13.3. The molecule has 5 aromatic rings. The van der Waals surface area contributed by atoms with Gasteiger partial charge in [-0.15, -0.1) is 11.3 Å². The minimum Gasteiger partial charge on any atom is -0.391 e. The first-order chi connectivity index (χ1) is 34.3. The number of anilines is 2. The van der Waals surface area contributed by atoms with Crippen molar-refractivity contribution in [1.82, 2.24) is 35.7 Å². The summed E-state index contributed by atoms with van der Waals surface area (Å²) in [6.45, 7) is 13.1. The molecular formula is C52H59F4N9O7S. The van der Waals surface area contributed by atoms with Crippen LogP contribution < -0.4 is 31.7 Å². The van der Waals surface area contributed by atoms with Gasteiger partial charge in [-0.2, -0.15) is 13.2 Å². The zero-order chi connectivity index (χ0) is 53.3. The number of benzene rings is 3. The molecule has 2 aliphatic heterocycles. The number of aliphatic hydroxyl groups is 1. The van der Waals surface area contributed by atoms with Crippen molar-refractivity contribution in [2.75, 3.05) is 43.4 Å². The first-order valence-corrected chi connectivity index (χ1v) is 24.6. The number of nitrogens with one attached hydrogen (secondary N) is 5. The lowest BCUT2D eigenvalue weighted by atomic mass is 9.85. The first-order valence-electron chi connectivity index (χ1n) is 23.7. The number of carbonyl (C=O) groups excluding carboxylic acids is 5. The number of β-amino-alcohol motifs (C(OH)–C–C–N with tert-alkyl or cyclic N) is 1. The third kappa shape index (κ3) is 12.3. The van der Waals surface area contributed by atoms with Crippen LogP contribution in [0.4, 0.5) is 28.9 Å². The van der Waals surface area contributed by atoms with Crippen LogP contribution in [0.1, 0.15) is 91.5 Å². The number of piperazine rings is 1. The molecule has 16 nitrogen and oxygen atoms in total. The van der Waals surface area contributed by atoms with E-state index in [2.05, 4.69) is 36.1 Å². The lowest BCUT2D eigenvalue weighted by molar-refractivity contribution is -0.144. The molecular weight excluding hydrogens is 971 g/mol. The summed E-state index contributed by atoms with van der Waals surface area (Å²) in [6.07, 6.45) is -5.39. The number of aryl methyl sites for hydroxylation is 1. The number of rotatable bonds is 13. The maximum absolute atomic E-state index is 15.7. The summed E-state index contributed by atoms with van der Waals surface area (Å²) in [5, 5.41) is 21.4. The summed E-state index contributed by atoms with van der Waals surface area (Å²) in [5.41, 5.74) is 0.679. The van der Waals surface area contributed by atoms with Gasteiger partial charge in [-0.05, 0) is 87.2 Å². The number of aromatic nitrogens is 2. The van der Waals surface area contributed by atoms with E-state index in [-0.39, 0.29) is 47.4 Å². The highest BCUT2D eigenvalue weighted by molar-refractivity contribution is 7.13. The van der Waals surface area contributed by atoms with Gasteiger partial charge in [0.1, 0.15) is 17.9 Å². The van der Waals surface area contributed by atoms with Crippen LogP contribution >= 0.6 is 11.3 Å². The molecule has 0 radical (unpaired) electrons. The summed E-state index contributed by atoms with van der Waals surface area (Å²) >= 11 is 1.53. The summed E-state index contributed by atoms with van der Waals surface area (Å²) in [5.74, 6) is -4.60. The largest absolute Gasteiger partial charge is 0.417 e. The highest BCUT2D eigenvalue weighted by Gasteiger charge is 2.45. The molecule has 6 N–H and O–H groups in total. The number of hydrogen-bond acceptors (Lipinski definition) is 11. The molecule has 388 valence electrons. The number of carbonyl (C=O) groups is 5. The summed E-state index contributed by atoms with van der Waals surface area (Å²) < 4.78 is 57.8. The maximum atomic E-state index is 15.7. The molecule has 0 aliphatic carbocycles. The van der Waals surface area contributed by atoms with Crippen molar-refractivity contribution in [2.24, 2.45) is 5.41 Å². The molecule has 3 aromatic carbocycles. The van der Waals surface area contributed by atoms with Crippen molar-refractivity contribution in [3.63, 3.8) is 0 Å². The minimum absolute atomic E-state index is 0.0249. The van der Waals surface area contributed by atoms with Crippen LogP contribution in [0.5, 0.6) is 0 Å². The van der Waals surface area contributed by atoms with Gasteiger partial charge in [0.15, 0.2) is 0 Å². The van der Waals surface area contributed by atoms with Crippen molar-refractivity contribution >= 4 is 52.2 Å². The Morgan fingerprint density at radius 3 is 2.21 bits per heavy atom. The number of alkyl halides is 3. The van der Waals surface area contributed by atoms with Crippen LogP contribution in [0.2, 0.25) is 0 Å². The Labute approximate surface area is 423 Å². The molecule has 5 amide bonds. The smallest absolute Gasteiger partial charge is 0.391 e. The third-order valence-electron chi connectivity index (χ3n) is 13.4. The number of likely N-dealkylation sites (tertiary alicyclic amines) is 1. The summed E-state index contributed by atoms with van der Waals surface area (Å²) in [4.78, 5) is 93.5. The lowest BCUT2D eigenvalue weighted by Crippen LogP contribution is -2.58. The zero-order valence-corrected chi connectivity index (χ0v) is 42.4. The zero-order valence-electron chi connectivity index (χ0n) is 41.6. The fourth-order valence-corrected chi connectivity index (χ4v) is 9.95.